The normalized spacial score (nSPS) is 10.3. The fourth-order valence-electron chi connectivity index (χ4n) is 2.92. The van der Waals surface area contributed by atoms with E-state index in [1.807, 2.05) is 25.1 Å². The third-order valence-electron chi connectivity index (χ3n) is 4.36. The molecule has 0 aromatic heterocycles. The molecular weight excluding hydrogens is 370 g/mol. The first kappa shape index (κ1) is 19.8. The Kier molecular flexibility index (Phi) is 5.69. The van der Waals surface area contributed by atoms with E-state index < -0.39 is 10.8 Å². The Balaban J connectivity index is 1.83. The van der Waals surface area contributed by atoms with Crippen LogP contribution in [0.2, 0.25) is 0 Å². The summed E-state index contributed by atoms with van der Waals surface area (Å²) >= 11 is 0. The number of nitro benzene ring substituents is 1. The van der Waals surface area contributed by atoms with Gasteiger partial charge in [-0.1, -0.05) is 24.3 Å². The van der Waals surface area contributed by atoms with E-state index in [-0.39, 0.29) is 11.6 Å². The third kappa shape index (κ3) is 4.65. The molecule has 0 spiro atoms. The van der Waals surface area contributed by atoms with Gasteiger partial charge in [-0.2, -0.15) is 0 Å². The molecule has 2 N–H and O–H groups in total. The Morgan fingerprint density at radius 1 is 0.828 bits per heavy atom. The summed E-state index contributed by atoms with van der Waals surface area (Å²) in [6.45, 7) is 3.55. The predicted molar refractivity (Wildman–Crippen MR) is 111 cm³/mol. The molecule has 3 aromatic carbocycles. The Labute approximate surface area is 167 Å². The first-order chi connectivity index (χ1) is 13.8. The number of para-hydroxylation sites is 1. The van der Waals surface area contributed by atoms with Gasteiger partial charge >= 0.3 is 0 Å². The lowest BCUT2D eigenvalue weighted by Crippen LogP contribution is -2.19. The quantitative estimate of drug-likeness (QED) is 0.487. The molecule has 3 aromatic rings. The van der Waals surface area contributed by atoms with Crippen LogP contribution >= 0.6 is 0 Å². The van der Waals surface area contributed by atoms with Crippen molar-refractivity contribution in [3.63, 3.8) is 0 Å². The minimum Gasteiger partial charge on any atom is -0.322 e. The van der Waals surface area contributed by atoms with Crippen LogP contribution in [0.15, 0.2) is 66.7 Å². The molecule has 0 fully saturated rings. The van der Waals surface area contributed by atoms with Crippen molar-refractivity contribution in [3.05, 3.63) is 99.1 Å². The number of nitro groups is 1. The van der Waals surface area contributed by atoms with Gasteiger partial charge in [0.15, 0.2) is 0 Å². The van der Waals surface area contributed by atoms with E-state index in [0.29, 0.717) is 28.1 Å². The number of hydrogen-bond donors (Lipinski definition) is 2. The number of hydrogen-bond acceptors (Lipinski definition) is 4. The molecule has 0 bridgehead atoms. The number of amides is 2. The zero-order valence-electron chi connectivity index (χ0n) is 15.9. The second-order valence-electron chi connectivity index (χ2n) is 6.58. The summed E-state index contributed by atoms with van der Waals surface area (Å²) in [5.41, 5.74) is 3.00. The summed E-state index contributed by atoms with van der Waals surface area (Å²) in [5, 5.41) is 16.4. The van der Waals surface area contributed by atoms with Crippen LogP contribution in [-0.4, -0.2) is 16.7 Å². The minimum atomic E-state index is -0.514. The smallest absolute Gasteiger partial charge is 0.269 e. The molecular formula is C22H19N3O4. The van der Waals surface area contributed by atoms with Crippen LogP contribution in [0.25, 0.3) is 0 Å². The summed E-state index contributed by atoms with van der Waals surface area (Å²) in [6.07, 6.45) is 0. The standard InChI is InChI=1S/C22H19N3O4/c1-14-6-5-7-16(12-14)23-22(27)19-8-3-4-9-20(19)24-21(26)18-11-10-17(25(28)29)13-15(18)2/h3-13H,1-2H3,(H,23,27)(H,24,26). The SMILES string of the molecule is Cc1cccc(NC(=O)c2ccccc2NC(=O)c2ccc([N+](=O)[O-])cc2C)c1. The van der Waals surface area contributed by atoms with Gasteiger partial charge in [-0.3, -0.25) is 19.7 Å². The van der Waals surface area contributed by atoms with Gasteiger partial charge in [0.25, 0.3) is 17.5 Å². The van der Waals surface area contributed by atoms with E-state index in [4.69, 9.17) is 0 Å². The highest BCUT2D eigenvalue weighted by atomic mass is 16.6. The summed E-state index contributed by atoms with van der Waals surface area (Å²) in [7, 11) is 0. The molecule has 2 amide bonds. The van der Waals surface area contributed by atoms with Crippen molar-refractivity contribution in [2.75, 3.05) is 10.6 Å². The molecule has 3 rings (SSSR count). The van der Waals surface area contributed by atoms with E-state index in [0.717, 1.165) is 5.56 Å². The third-order valence-corrected chi connectivity index (χ3v) is 4.36. The zero-order valence-corrected chi connectivity index (χ0v) is 15.9. The topological polar surface area (TPSA) is 101 Å². The predicted octanol–water partition coefficient (Wildman–Crippen LogP) is 4.72. The Hall–Kier alpha value is -4.00. The molecule has 0 heterocycles. The van der Waals surface area contributed by atoms with Gasteiger partial charge in [-0.15, -0.1) is 0 Å². The second-order valence-corrected chi connectivity index (χ2v) is 6.58. The Morgan fingerprint density at radius 2 is 1.55 bits per heavy atom. The minimum absolute atomic E-state index is 0.0861. The van der Waals surface area contributed by atoms with E-state index in [1.165, 1.54) is 18.2 Å². The first-order valence-electron chi connectivity index (χ1n) is 8.88. The largest absolute Gasteiger partial charge is 0.322 e. The summed E-state index contributed by atoms with van der Waals surface area (Å²) in [6, 6.07) is 18.1. The van der Waals surface area contributed by atoms with Crippen LogP contribution < -0.4 is 10.6 Å². The first-order valence-corrected chi connectivity index (χ1v) is 8.88. The molecule has 146 valence electrons. The number of carbonyl (C=O) groups excluding carboxylic acids is 2. The van der Waals surface area contributed by atoms with E-state index >= 15 is 0 Å². The number of anilines is 2. The fourth-order valence-corrected chi connectivity index (χ4v) is 2.92. The van der Waals surface area contributed by atoms with Crippen molar-refractivity contribution in [3.8, 4) is 0 Å². The number of aryl methyl sites for hydroxylation is 2. The molecule has 0 saturated heterocycles. The van der Waals surface area contributed by atoms with E-state index in [9.17, 15) is 19.7 Å². The van der Waals surface area contributed by atoms with Gasteiger partial charge < -0.3 is 10.6 Å². The number of carbonyl (C=O) groups is 2. The average Bonchev–Trinajstić information content (AvgIpc) is 2.68. The molecule has 29 heavy (non-hydrogen) atoms. The van der Waals surface area contributed by atoms with Crippen LogP contribution in [0, 0.1) is 24.0 Å². The lowest BCUT2D eigenvalue weighted by Gasteiger charge is -2.12. The molecule has 0 aliphatic carbocycles. The average molecular weight is 389 g/mol. The number of non-ortho nitro benzene ring substituents is 1. The number of nitrogens with zero attached hydrogens (tertiary/aromatic N) is 1. The molecule has 0 aliphatic rings. The van der Waals surface area contributed by atoms with Gasteiger partial charge in [0.1, 0.15) is 0 Å². The van der Waals surface area contributed by atoms with Gasteiger partial charge in [0, 0.05) is 23.4 Å². The van der Waals surface area contributed by atoms with E-state index in [1.54, 1.807) is 37.3 Å². The van der Waals surface area contributed by atoms with Crippen molar-refractivity contribution >= 4 is 28.9 Å². The highest BCUT2D eigenvalue weighted by molar-refractivity contribution is 6.12. The molecule has 7 heteroatoms. The van der Waals surface area contributed by atoms with Crippen molar-refractivity contribution in [2.24, 2.45) is 0 Å². The van der Waals surface area contributed by atoms with Crippen molar-refractivity contribution < 1.29 is 14.5 Å². The maximum Gasteiger partial charge on any atom is 0.269 e. The molecule has 7 nitrogen and oxygen atoms in total. The van der Waals surface area contributed by atoms with Crippen LogP contribution in [0.1, 0.15) is 31.8 Å². The second kappa shape index (κ2) is 8.35. The number of nitrogens with one attached hydrogen (secondary N) is 2. The van der Waals surface area contributed by atoms with Gasteiger partial charge in [0.05, 0.1) is 16.2 Å². The molecule has 0 saturated carbocycles. The van der Waals surface area contributed by atoms with Crippen molar-refractivity contribution in [2.45, 2.75) is 13.8 Å². The van der Waals surface area contributed by atoms with Crippen molar-refractivity contribution in [1.82, 2.24) is 0 Å². The highest BCUT2D eigenvalue weighted by Gasteiger charge is 2.17. The summed E-state index contributed by atoms with van der Waals surface area (Å²) in [4.78, 5) is 35.8. The summed E-state index contributed by atoms with van der Waals surface area (Å²) in [5.74, 6) is -0.805. The van der Waals surface area contributed by atoms with Gasteiger partial charge in [0.2, 0.25) is 0 Å². The lowest BCUT2D eigenvalue weighted by molar-refractivity contribution is -0.384. The molecule has 0 aliphatic heterocycles. The molecule has 0 atom stereocenters. The van der Waals surface area contributed by atoms with E-state index in [2.05, 4.69) is 10.6 Å². The van der Waals surface area contributed by atoms with Gasteiger partial charge in [-0.05, 0) is 55.3 Å². The van der Waals surface area contributed by atoms with Crippen LogP contribution in [0.4, 0.5) is 17.1 Å². The molecule has 0 radical (unpaired) electrons. The Morgan fingerprint density at radius 3 is 2.24 bits per heavy atom. The maximum absolute atomic E-state index is 12.7. The maximum atomic E-state index is 12.7. The number of rotatable bonds is 5. The highest BCUT2D eigenvalue weighted by Crippen LogP contribution is 2.21. The lowest BCUT2D eigenvalue weighted by atomic mass is 10.1. The fraction of sp³-hybridized carbons (Fsp3) is 0.0909. The van der Waals surface area contributed by atoms with Crippen LogP contribution in [-0.2, 0) is 0 Å². The molecule has 0 unspecified atom stereocenters. The van der Waals surface area contributed by atoms with Crippen LogP contribution in [0.3, 0.4) is 0 Å². The Bertz CT molecular complexity index is 1110. The monoisotopic (exact) mass is 389 g/mol. The number of benzene rings is 3. The van der Waals surface area contributed by atoms with Gasteiger partial charge in [-0.25, -0.2) is 0 Å². The van der Waals surface area contributed by atoms with Crippen LogP contribution in [0.5, 0.6) is 0 Å². The van der Waals surface area contributed by atoms with Crippen molar-refractivity contribution in [1.29, 1.82) is 0 Å². The summed E-state index contributed by atoms with van der Waals surface area (Å²) < 4.78 is 0. The zero-order chi connectivity index (χ0) is 21.0.